The van der Waals surface area contributed by atoms with Crippen LogP contribution in [0.4, 0.5) is 0 Å². The monoisotopic (exact) mass is 253 g/mol. The molecular formula is C16H19N3. The Balaban J connectivity index is 2.25. The first-order valence-corrected chi connectivity index (χ1v) is 6.59. The summed E-state index contributed by atoms with van der Waals surface area (Å²) in [6.07, 6.45) is 4.46. The lowest BCUT2D eigenvalue weighted by molar-refractivity contribution is 0.483. The number of hydrogen-bond acceptors (Lipinski definition) is 2. The van der Waals surface area contributed by atoms with Crippen molar-refractivity contribution in [2.24, 2.45) is 5.92 Å². The van der Waals surface area contributed by atoms with Crippen LogP contribution in [0.5, 0.6) is 0 Å². The van der Waals surface area contributed by atoms with Gasteiger partial charge in [0.15, 0.2) is 0 Å². The SMILES string of the molecule is Cc1cc(-c2cnn(CC(C)C)c2)ccc1CC#N. The number of aryl methyl sites for hydroxylation is 1. The molecule has 19 heavy (non-hydrogen) atoms. The van der Waals surface area contributed by atoms with E-state index < -0.39 is 0 Å². The van der Waals surface area contributed by atoms with E-state index in [9.17, 15) is 0 Å². The van der Waals surface area contributed by atoms with Crippen molar-refractivity contribution in [1.29, 1.82) is 5.26 Å². The van der Waals surface area contributed by atoms with E-state index in [1.54, 1.807) is 0 Å². The van der Waals surface area contributed by atoms with Crippen molar-refractivity contribution in [3.63, 3.8) is 0 Å². The quantitative estimate of drug-likeness (QED) is 0.835. The first kappa shape index (κ1) is 13.4. The van der Waals surface area contributed by atoms with Crippen LogP contribution < -0.4 is 0 Å². The number of rotatable bonds is 4. The summed E-state index contributed by atoms with van der Waals surface area (Å²) < 4.78 is 1.98. The summed E-state index contributed by atoms with van der Waals surface area (Å²) in [5, 5.41) is 13.1. The Morgan fingerprint density at radius 2 is 2.11 bits per heavy atom. The lowest BCUT2D eigenvalue weighted by Gasteiger charge is -2.05. The predicted molar refractivity (Wildman–Crippen MR) is 76.6 cm³/mol. The van der Waals surface area contributed by atoms with Crippen molar-refractivity contribution in [2.75, 3.05) is 0 Å². The van der Waals surface area contributed by atoms with Crippen molar-refractivity contribution >= 4 is 0 Å². The number of benzene rings is 1. The van der Waals surface area contributed by atoms with Gasteiger partial charge < -0.3 is 0 Å². The molecule has 1 aromatic carbocycles. The van der Waals surface area contributed by atoms with Crippen molar-refractivity contribution < 1.29 is 0 Å². The largest absolute Gasteiger partial charge is 0.272 e. The summed E-state index contributed by atoms with van der Waals surface area (Å²) in [6.45, 7) is 7.35. The summed E-state index contributed by atoms with van der Waals surface area (Å²) >= 11 is 0. The number of aromatic nitrogens is 2. The van der Waals surface area contributed by atoms with Crippen LogP contribution >= 0.6 is 0 Å². The molecule has 1 aromatic heterocycles. The number of hydrogen-bond donors (Lipinski definition) is 0. The Bertz CT molecular complexity index is 603. The summed E-state index contributed by atoms with van der Waals surface area (Å²) in [7, 11) is 0. The minimum Gasteiger partial charge on any atom is -0.272 e. The third-order valence-corrected chi connectivity index (χ3v) is 3.13. The molecule has 3 heteroatoms. The molecule has 0 bridgehead atoms. The highest BCUT2D eigenvalue weighted by atomic mass is 15.3. The molecule has 0 aliphatic rings. The van der Waals surface area contributed by atoms with E-state index in [1.807, 2.05) is 16.9 Å². The van der Waals surface area contributed by atoms with Gasteiger partial charge in [0.1, 0.15) is 0 Å². The lowest BCUT2D eigenvalue weighted by atomic mass is 10.0. The van der Waals surface area contributed by atoms with E-state index in [0.717, 1.165) is 28.8 Å². The Morgan fingerprint density at radius 1 is 1.32 bits per heavy atom. The molecule has 0 fully saturated rings. The average molecular weight is 253 g/mol. The molecule has 98 valence electrons. The van der Waals surface area contributed by atoms with Gasteiger partial charge >= 0.3 is 0 Å². The molecule has 0 saturated carbocycles. The van der Waals surface area contributed by atoms with Gasteiger partial charge in [0.2, 0.25) is 0 Å². The smallest absolute Gasteiger partial charge is 0.0669 e. The van der Waals surface area contributed by atoms with Gasteiger partial charge in [-0.1, -0.05) is 32.0 Å². The highest BCUT2D eigenvalue weighted by Crippen LogP contribution is 2.22. The maximum Gasteiger partial charge on any atom is 0.0669 e. The van der Waals surface area contributed by atoms with Crippen LogP contribution in [-0.2, 0) is 13.0 Å². The fraction of sp³-hybridized carbons (Fsp3) is 0.375. The minimum atomic E-state index is 0.471. The molecule has 0 atom stereocenters. The van der Waals surface area contributed by atoms with Gasteiger partial charge in [-0.05, 0) is 29.5 Å². The Labute approximate surface area is 114 Å². The average Bonchev–Trinajstić information content (AvgIpc) is 2.79. The van der Waals surface area contributed by atoms with Gasteiger partial charge in [-0.2, -0.15) is 10.4 Å². The molecule has 0 N–H and O–H groups in total. The van der Waals surface area contributed by atoms with Crippen LogP contribution in [0.3, 0.4) is 0 Å². The van der Waals surface area contributed by atoms with E-state index >= 15 is 0 Å². The number of nitrogens with zero attached hydrogens (tertiary/aromatic N) is 3. The van der Waals surface area contributed by atoms with Crippen LogP contribution in [-0.4, -0.2) is 9.78 Å². The number of nitriles is 1. The lowest BCUT2D eigenvalue weighted by Crippen LogP contribution is -2.03. The van der Waals surface area contributed by atoms with E-state index in [-0.39, 0.29) is 0 Å². The summed E-state index contributed by atoms with van der Waals surface area (Å²) in [5.74, 6) is 0.590. The van der Waals surface area contributed by atoms with Crippen LogP contribution in [0.1, 0.15) is 25.0 Å². The molecule has 0 unspecified atom stereocenters. The van der Waals surface area contributed by atoms with E-state index in [0.29, 0.717) is 12.3 Å². The zero-order valence-electron chi connectivity index (χ0n) is 11.7. The van der Waals surface area contributed by atoms with E-state index in [4.69, 9.17) is 5.26 Å². The third-order valence-electron chi connectivity index (χ3n) is 3.13. The van der Waals surface area contributed by atoms with Gasteiger partial charge in [0, 0.05) is 18.3 Å². The normalized spacial score (nSPS) is 10.7. The predicted octanol–water partition coefficient (Wildman–Crippen LogP) is 3.58. The molecule has 0 radical (unpaired) electrons. The summed E-state index contributed by atoms with van der Waals surface area (Å²) in [5.41, 5.74) is 4.55. The van der Waals surface area contributed by atoms with Crippen LogP contribution in [0.15, 0.2) is 30.6 Å². The first-order valence-electron chi connectivity index (χ1n) is 6.59. The van der Waals surface area contributed by atoms with Gasteiger partial charge in [-0.3, -0.25) is 4.68 Å². The molecule has 0 aliphatic carbocycles. The molecule has 0 saturated heterocycles. The minimum absolute atomic E-state index is 0.471. The Hall–Kier alpha value is -2.08. The molecule has 1 heterocycles. The van der Waals surface area contributed by atoms with Gasteiger partial charge in [0.05, 0.1) is 18.7 Å². The Kier molecular flexibility index (Phi) is 4.01. The van der Waals surface area contributed by atoms with E-state index in [2.05, 4.69) is 50.3 Å². The maximum atomic E-state index is 8.75. The van der Waals surface area contributed by atoms with E-state index in [1.165, 1.54) is 0 Å². The third kappa shape index (κ3) is 3.23. The molecular weight excluding hydrogens is 234 g/mol. The van der Waals surface area contributed by atoms with Crippen molar-refractivity contribution in [3.05, 3.63) is 41.7 Å². The van der Waals surface area contributed by atoms with Crippen LogP contribution in [0.2, 0.25) is 0 Å². The standard InChI is InChI=1S/C16H19N3/c1-12(2)10-19-11-16(9-18-19)15-5-4-14(6-7-17)13(3)8-15/h4-5,8-9,11-12H,6,10H2,1-3H3. The molecule has 0 amide bonds. The highest BCUT2D eigenvalue weighted by Gasteiger charge is 2.05. The fourth-order valence-corrected chi connectivity index (χ4v) is 2.15. The van der Waals surface area contributed by atoms with Crippen molar-refractivity contribution in [1.82, 2.24) is 9.78 Å². The molecule has 3 nitrogen and oxygen atoms in total. The molecule has 2 aromatic rings. The topological polar surface area (TPSA) is 41.6 Å². The Morgan fingerprint density at radius 3 is 2.74 bits per heavy atom. The van der Waals surface area contributed by atoms with Gasteiger partial charge in [-0.15, -0.1) is 0 Å². The van der Waals surface area contributed by atoms with Gasteiger partial charge in [-0.25, -0.2) is 0 Å². The van der Waals surface area contributed by atoms with Crippen LogP contribution in [0.25, 0.3) is 11.1 Å². The second-order valence-corrected chi connectivity index (χ2v) is 5.32. The highest BCUT2D eigenvalue weighted by molar-refractivity contribution is 5.63. The first-order chi connectivity index (χ1) is 9.10. The molecule has 2 rings (SSSR count). The molecule has 0 spiro atoms. The van der Waals surface area contributed by atoms with Crippen molar-refractivity contribution in [3.8, 4) is 17.2 Å². The second kappa shape index (κ2) is 5.71. The summed E-state index contributed by atoms with van der Waals surface area (Å²) in [6, 6.07) is 8.42. The fourth-order valence-electron chi connectivity index (χ4n) is 2.15. The van der Waals surface area contributed by atoms with Gasteiger partial charge in [0.25, 0.3) is 0 Å². The van der Waals surface area contributed by atoms with Crippen LogP contribution in [0, 0.1) is 24.2 Å². The molecule has 0 aliphatic heterocycles. The zero-order chi connectivity index (χ0) is 13.8. The van der Waals surface area contributed by atoms with Crippen molar-refractivity contribution in [2.45, 2.75) is 33.7 Å². The second-order valence-electron chi connectivity index (χ2n) is 5.32. The maximum absolute atomic E-state index is 8.75. The zero-order valence-corrected chi connectivity index (χ0v) is 11.7. The summed E-state index contributed by atoms with van der Waals surface area (Å²) in [4.78, 5) is 0.